The van der Waals surface area contributed by atoms with Crippen LogP contribution in [0.15, 0.2) is 17.5 Å². The first kappa shape index (κ1) is 16.4. The quantitative estimate of drug-likeness (QED) is 0.761. The van der Waals surface area contributed by atoms with E-state index < -0.39 is 0 Å². The average Bonchev–Trinajstić information content (AvgIpc) is 3.34. The van der Waals surface area contributed by atoms with Crippen LogP contribution < -0.4 is 0 Å². The van der Waals surface area contributed by atoms with Crippen molar-refractivity contribution < 1.29 is 9.47 Å². The zero-order chi connectivity index (χ0) is 16.4. The number of aromatic nitrogens is 3. The molecule has 2 fully saturated rings. The van der Waals surface area contributed by atoms with E-state index in [1.807, 2.05) is 4.68 Å². The van der Waals surface area contributed by atoms with Crippen LogP contribution in [-0.2, 0) is 22.7 Å². The lowest BCUT2D eigenvalue weighted by Crippen LogP contribution is -2.37. The van der Waals surface area contributed by atoms with Crippen LogP contribution in [0.3, 0.4) is 0 Å². The van der Waals surface area contributed by atoms with E-state index in [4.69, 9.17) is 26.8 Å². The Bertz CT molecular complexity index is 713. The minimum absolute atomic E-state index is 0.247. The molecule has 2 aliphatic heterocycles. The summed E-state index contributed by atoms with van der Waals surface area (Å²) >= 11 is 7.44. The fraction of sp³-hybridized carbons (Fsp3) is 0.625. The third-order valence-electron chi connectivity index (χ3n) is 4.51. The Labute approximate surface area is 150 Å². The minimum atomic E-state index is 0.247. The van der Waals surface area contributed by atoms with Crippen molar-refractivity contribution in [2.75, 3.05) is 32.9 Å². The van der Waals surface area contributed by atoms with Gasteiger partial charge in [0, 0.05) is 19.7 Å². The molecule has 6 nitrogen and oxygen atoms in total. The van der Waals surface area contributed by atoms with Crippen molar-refractivity contribution in [3.05, 3.63) is 22.3 Å². The summed E-state index contributed by atoms with van der Waals surface area (Å²) in [5.74, 6) is 0.957. The summed E-state index contributed by atoms with van der Waals surface area (Å²) in [4.78, 5) is 3.49. The van der Waals surface area contributed by atoms with Crippen LogP contribution in [0.1, 0.15) is 12.8 Å². The second kappa shape index (κ2) is 7.45. The van der Waals surface area contributed by atoms with Crippen molar-refractivity contribution in [1.29, 1.82) is 0 Å². The van der Waals surface area contributed by atoms with Crippen molar-refractivity contribution >= 4 is 23.6 Å². The van der Waals surface area contributed by atoms with E-state index in [1.54, 1.807) is 11.3 Å². The van der Waals surface area contributed by atoms with Gasteiger partial charge in [-0.05, 0) is 36.5 Å². The molecule has 0 amide bonds. The van der Waals surface area contributed by atoms with E-state index in [9.17, 15) is 0 Å². The van der Waals surface area contributed by atoms with Crippen molar-refractivity contribution in [3.8, 4) is 10.7 Å². The average molecular weight is 367 g/mol. The lowest BCUT2D eigenvalue weighted by molar-refractivity contribution is 0.0209. The Morgan fingerprint density at radius 1 is 1.29 bits per heavy atom. The van der Waals surface area contributed by atoms with Gasteiger partial charge in [-0.3, -0.25) is 9.47 Å². The molecule has 0 aliphatic carbocycles. The van der Waals surface area contributed by atoms with Gasteiger partial charge in [0.05, 0.1) is 37.4 Å². The van der Waals surface area contributed by atoms with Gasteiger partial charge in [-0.25, -0.2) is 4.68 Å². The lowest BCUT2D eigenvalue weighted by atomic mass is 10.2. The maximum absolute atomic E-state index is 5.82. The third-order valence-corrected chi connectivity index (χ3v) is 5.81. The SMILES string of the molecule is S=c1n(CN2CCOCC2)nc(-c2cccs2)n1C[C@H]1CCCO1. The van der Waals surface area contributed by atoms with Gasteiger partial charge in [0.1, 0.15) is 0 Å². The molecule has 2 aromatic heterocycles. The van der Waals surface area contributed by atoms with Gasteiger partial charge in [0.25, 0.3) is 0 Å². The molecule has 2 aromatic rings. The highest BCUT2D eigenvalue weighted by atomic mass is 32.1. The standard InChI is InChI=1S/C16H22N4O2S2/c23-16-19(11-13-3-1-7-22-13)15(14-4-2-10-24-14)17-20(16)12-18-5-8-21-9-6-18/h2,4,10,13H,1,3,5-9,11-12H2/t13-/m1/s1. The normalized spacial score (nSPS) is 22.2. The van der Waals surface area contributed by atoms with Crippen LogP contribution in [0.2, 0.25) is 0 Å². The second-order valence-corrected chi connectivity index (χ2v) is 7.51. The molecule has 4 heterocycles. The van der Waals surface area contributed by atoms with Crippen molar-refractivity contribution in [3.63, 3.8) is 0 Å². The Kier molecular flexibility index (Phi) is 5.09. The lowest BCUT2D eigenvalue weighted by Gasteiger charge is -2.26. The summed E-state index contributed by atoms with van der Waals surface area (Å²) in [6, 6.07) is 4.16. The highest BCUT2D eigenvalue weighted by Crippen LogP contribution is 2.25. The van der Waals surface area contributed by atoms with Crippen LogP contribution in [0.4, 0.5) is 0 Å². The number of morpholine rings is 1. The van der Waals surface area contributed by atoms with Gasteiger partial charge in [0.2, 0.25) is 0 Å². The molecule has 0 saturated carbocycles. The van der Waals surface area contributed by atoms with E-state index in [-0.39, 0.29) is 6.10 Å². The van der Waals surface area contributed by atoms with Gasteiger partial charge < -0.3 is 9.47 Å². The molecule has 24 heavy (non-hydrogen) atoms. The zero-order valence-electron chi connectivity index (χ0n) is 13.6. The predicted octanol–water partition coefficient (Wildman–Crippen LogP) is 2.61. The number of ether oxygens (including phenoxy) is 2. The third kappa shape index (κ3) is 3.48. The van der Waals surface area contributed by atoms with Crippen LogP contribution in [0.25, 0.3) is 10.7 Å². The molecular weight excluding hydrogens is 344 g/mol. The van der Waals surface area contributed by atoms with E-state index in [0.717, 1.165) is 74.4 Å². The van der Waals surface area contributed by atoms with Crippen LogP contribution in [0.5, 0.6) is 0 Å². The van der Waals surface area contributed by atoms with Crippen LogP contribution in [0, 0.1) is 4.77 Å². The highest BCUT2D eigenvalue weighted by molar-refractivity contribution is 7.71. The number of thiophene rings is 1. The van der Waals surface area contributed by atoms with Crippen molar-refractivity contribution in [1.82, 2.24) is 19.2 Å². The first-order valence-electron chi connectivity index (χ1n) is 8.44. The maximum atomic E-state index is 5.82. The maximum Gasteiger partial charge on any atom is 0.199 e. The number of hydrogen-bond donors (Lipinski definition) is 0. The summed E-state index contributed by atoms with van der Waals surface area (Å²) in [5, 5.41) is 6.92. The first-order valence-corrected chi connectivity index (χ1v) is 9.73. The smallest absolute Gasteiger partial charge is 0.199 e. The van der Waals surface area contributed by atoms with Crippen LogP contribution in [-0.4, -0.2) is 58.3 Å². The Morgan fingerprint density at radius 2 is 2.17 bits per heavy atom. The molecule has 0 radical (unpaired) electrons. The zero-order valence-corrected chi connectivity index (χ0v) is 15.2. The summed E-state index contributed by atoms with van der Waals surface area (Å²) in [6.45, 7) is 5.77. The molecule has 0 unspecified atom stereocenters. The summed E-state index contributed by atoms with van der Waals surface area (Å²) in [7, 11) is 0. The molecule has 0 bridgehead atoms. The van der Waals surface area contributed by atoms with Crippen molar-refractivity contribution in [2.45, 2.75) is 32.2 Å². The van der Waals surface area contributed by atoms with E-state index in [0.29, 0.717) is 0 Å². The molecule has 130 valence electrons. The number of hydrogen-bond acceptors (Lipinski definition) is 6. The Hall–Kier alpha value is -1.06. The number of nitrogens with zero attached hydrogens (tertiary/aromatic N) is 4. The minimum Gasteiger partial charge on any atom is -0.379 e. The van der Waals surface area contributed by atoms with Crippen LogP contribution >= 0.6 is 23.6 Å². The molecular formula is C16H22N4O2S2. The van der Waals surface area contributed by atoms with Gasteiger partial charge in [-0.1, -0.05) is 6.07 Å². The molecule has 0 N–H and O–H groups in total. The molecule has 2 aliphatic rings. The largest absolute Gasteiger partial charge is 0.379 e. The topological polar surface area (TPSA) is 44.5 Å². The fourth-order valence-electron chi connectivity index (χ4n) is 3.21. The fourth-order valence-corrected chi connectivity index (χ4v) is 4.19. The molecule has 4 rings (SSSR count). The second-order valence-electron chi connectivity index (χ2n) is 6.20. The monoisotopic (exact) mass is 366 g/mol. The summed E-state index contributed by atoms with van der Waals surface area (Å²) in [5.41, 5.74) is 0. The molecule has 0 aromatic carbocycles. The van der Waals surface area contributed by atoms with E-state index >= 15 is 0 Å². The van der Waals surface area contributed by atoms with E-state index in [2.05, 4.69) is 27.0 Å². The van der Waals surface area contributed by atoms with Gasteiger partial charge in [-0.2, -0.15) is 0 Å². The number of rotatable bonds is 5. The summed E-state index contributed by atoms with van der Waals surface area (Å²) in [6.07, 6.45) is 2.48. The van der Waals surface area contributed by atoms with Gasteiger partial charge in [0.15, 0.2) is 10.6 Å². The molecule has 1 atom stereocenters. The van der Waals surface area contributed by atoms with Gasteiger partial charge >= 0.3 is 0 Å². The molecule has 0 spiro atoms. The first-order chi connectivity index (χ1) is 11.8. The highest BCUT2D eigenvalue weighted by Gasteiger charge is 2.22. The molecule has 2 saturated heterocycles. The van der Waals surface area contributed by atoms with Crippen molar-refractivity contribution in [2.24, 2.45) is 0 Å². The van der Waals surface area contributed by atoms with E-state index in [1.165, 1.54) is 0 Å². The summed E-state index contributed by atoms with van der Waals surface area (Å²) < 4.78 is 16.1. The molecule has 8 heteroatoms. The van der Waals surface area contributed by atoms with Gasteiger partial charge in [-0.15, -0.1) is 16.4 Å². The predicted molar refractivity (Wildman–Crippen MR) is 95.7 cm³/mol. The Balaban J connectivity index is 1.63. The Morgan fingerprint density at radius 3 is 2.88 bits per heavy atom.